The summed E-state index contributed by atoms with van der Waals surface area (Å²) >= 11 is 0. The van der Waals surface area contributed by atoms with Crippen LogP contribution in [-0.2, 0) is 0 Å². The predicted octanol–water partition coefficient (Wildman–Crippen LogP) is 8.99. The van der Waals surface area contributed by atoms with Crippen LogP contribution in [0.2, 0.25) is 0 Å². The van der Waals surface area contributed by atoms with Crippen LogP contribution in [0.3, 0.4) is 0 Å². The Morgan fingerprint density at radius 3 is 1.91 bits per heavy atom. The normalized spacial score (nSPS) is 12.1. The molecule has 158 valence electrons. The molecular weight excluding hydrogens is 414 g/mol. The van der Waals surface area contributed by atoms with Gasteiger partial charge in [-0.1, -0.05) is 97.1 Å². The molecule has 0 amide bonds. The molecule has 0 radical (unpaired) electrons. The molecule has 0 fully saturated rings. The lowest BCUT2D eigenvalue weighted by Crippen LogP contribution is -1.94. The summed E-state index contributed by atoms with van der Waals surface area (Å²) in [6, 6.07) is 41.0. The average molecular weight is 434 g/mol. The highest BCUT2D eigenvalue weighted by atomic mass is 16.3. The Bertz CT molecular complexity index is 2060. The Hall–Kier alpha value is -4.56. The molecular formula is C32H19NO. The molecule has 0 unspecified atom stereocenters. The summed E-state index contributed by atoms with van der Waals surface area (Å²) in [5, 5.41) is 9.80. The highest BCUT2D eigenvalue weighted by molar-refractivity contribution is 6.36. The molecule has 6 aromatic carbocycles. The van der Waals surface area contributed by atoms with Gasteiger partial charge in [-0.25, -0.2) is 0 Å². The summed E-state index contributed by atoms with van der Waals surface area (Å²) in [6.45, 7) is 0. The van der Waals surface area contributed by atoms with Gasteiger partial charge in [0.05, 0.1) is 11.0 Å². The summed E-state index contributed by atoms with van der Waals surface area (Å²) in [5.74, 6) is 0. The number of nitrogens with zero attached hydrogens (tertiary/aromatic N) is 1. The number of para-hydroxylation sites is 2. The number of benzene rings is 6. The second-order valence-corrected chi connectivity index (χ2v) is 8.93. The summed E-state index contributed by atoms with van der Waals surface area (Å²) in [5.41, 5.74) is 5.35. The first-order valence-electron chi connectivity index (χ1n) is 11.6. The van der Waals surface area contributed by atoms with Crippen molar-refractivity contribution in [2.75, 3.05) is 0 Å². The summed E-state index contributed by atoms with van der Waals surface area (Å²) in [7, 11) is 0. The van der Waals surface area contributed by atoms with Crippen LogP contribution < -0.4 is 0 Å². The molecule has 2 aromatic heterocycles. The molecule has 0 aliphatic carbocycles. The number of furan rings is 1. The van der Waals surface area contributed by atoms with Crippen LogP contribution in [0.1, 0.15) is 0 Å². The number of hydrogen-bond donors (Lipinski definition) is 0. The molecule has 0 spiro atoms. The van der Waals surface area contributed by atoms with Gasteiger partial charge in [0.25, 0.3) is 0 Å². The highest BCUT2D eigenvalue weighted by Gasteiger charge is 2.23. The molecule has 8 rings (SSSR count). The Labute approximate surface area is 195 Å². The Morgan fingerprint density at radius 2 is 1.09 bits per heavy atom. The number of rotatable bonds is 1. The molecule has 0 aliphatic heterocycles. The lowest BCUT2D eigenvalue weighted by molar-refractivity contribution is 0.671. The zero-order valence-electron chi connectivity index (χ0n) is 18.3. The van der Waals surface area contributed by atoms with E-state index < -0.39 is 0 Å². The largest absolute Gasteiger partial charge is 0.454 e. The second-order valence-electron chi connectivity index (χ2n) is 8.93. The molecule has 2 heteroatoms. The van der Waals surface area contributed by atoms with Gasteiger partial charge >= 0.3 is 0 Å². The van der Waals surface area contributed by atoms with Crippen molar-refractivity contribution in [1.82, 2.24) is 4.57 Å². The van der Waals surface area contributed by atoms with E-state index in [1.165, 1.54) is 43.2 Å². The summed E-state index contributed by atoms with van der Waals surface area (Å²) in [4.78, 5) is 0. The van der Waals surface area contributed by atoms with Crippen molar-refractivity contribution in [2.24, 2.45) is 0 Å². The van der Waals surface area contributed by atoms with Crippen LogP contribution in [0, 0.1) is 0 Å². The van der Waals surface area contributed by atoms with Crippen LogP contribution in [0.25, 0.3) is 71.0 Å². The van der Waals surface area contributed by atoms with Crippen LogP contribution in [0.15, 0.2) is 120 Å². The second kappa shape index (κ2) is 6.49. The van der Waals surface area contributed by atoms with E-state index in [0.717, 1.165) is 27.8 Å². The number of hydrogen-bond acceptors (Lipinski definition) is 1. The third-order valence-corrected chi connectivity index (χ3v) is 7.14. The van der Waals surface area contributed by atoms with Crippen LogP contribution in [0.4, 0.5) is 0 Å². The van der Waals surface area contributed by atoms with E-state index in [1.807, 2.05) is 6.07 Å². The quantitative estimate of drug-likeness (QED) is 0.253. The first kappa shape index (κ1) is 17.9. The fourth-order valence-electron chi connectivity index (χ4n) is 5.77. The molecule has 0 atom stereocenters. The van der Waals surface area contributed by atoms with Crippen molar-refractivity contribution >= 4 is 65.3 Å². The third kappa shape index (κ3) is 2.20. The van der Waals surface area contributed by atoms with Gasteiger partial charge in [0.2, 0.25) is 0 Å². The van der Waals surface area contributed by atoms with Crippen molar-refractivity contribution in [3.8, 4) is 5.69 Å². The maximum Gasteiger partial charge on any atom is 0.160 e. The Morgan fingerprint density at radius 1 is 0.441 bits per heavy atom. The van der Waals surface area contributed by atoms with E-state index in [2.05, 4.69) is 114 Å². The van der Waals surface area contributed by atoms with Crippen molar-refractivity contribution in [2.45, 2.75) is 0 Å². The zero-order valence-corrected chi connectivity index (χ0v) is 18.3. The molecule has 0 saturated heterocycles. The molecule has 0 saturated carbocycles. The van der Waals surface area contributed by atoms with E-state index in [9.17, 15) is 0 Å². The van der Waals surface area contributed by atoms with Crippen molar-refractivity contribution in [3.63, 3.8) is 0 Å². The first-order chi connectivity index (χ1) is 16.9. The standard InChI is InChI=1S/C32H19NO/c1-2-11-21(12-3-1)33-30-22-13-5-4-10-20(22)18-19-26(30)28-23-14-6-7-15-24(23)29-25-16-8-9-17-27(25)34-32(29)31(28)33/h1-19H. The third-order valence-electron chi connectivity index (χ3n) is 7.14. The van der Waals surface area contributed by atoms with Gasteiger partial charge < -0.3 is 8.98 Å². The van der Waals surface area contributed by atoms with Crippen molar-refractivity contribution in [3.05, 3.63) is 115 Å². The van der Waals surface area contributed by atoms with Gasteiger partial charge in [0.1, 0.15) is 5.58 Å². The number of fused-ring (bicyclic) bond motifs is 12. The van der Waals surface area contributed by atoms with Gasteiger partial charge in [0, 0.05) is 32.6 Å². The minimum atomic E-state index is 0.921. The fraction of sp³-hybridized carbons (Fsp3) is 0. The van der Waals surface area contributed by atoms with Gasteiger partial charge in [-0.2, -0.15) is 0 Å². The molecule has 34 heavy (non-hydrogen) atoms. The lowest BCUT2D eigenvalue weighted by Gasteiger charge is -2.10. The highest BCUT2D eigenvalue weighted by Crippen LogP contribution is 2.46. The van der Waals surface area contributed by atoms with Gasteiger partial charge in [-0.15, -0.1) is 0 Å². The fourth-order valence-corrected chi connectivity index (χ4v) is 5.77. The smallest absolute Gasteiger partial charge is 0.160 e. The molecule has 2 heterocycles. The Kier molecular flexibility index (Phi) is 3.42. The van der Waals surface area contributed by atoms with Gasteiger partial charge in [-0.3, -0.25) is 0 Å². The maximum absolute atomic E-state index is 6.66. The lowest BCUT2D eigenvalue weighted by atomic mass is 9.98. The molecule has 0 N–H and O–H groups in total. The van der Waals surface area contributed by atoms with Crippen LogP contribution in [-0.4, -0.2) is 4.57 Å². The molecule has 0 bridgehead atoms. The monoisotopic (exact) mass is 433 g/mol. The van der Waals surface area contributed by atoms with Gasteiger partial charge in [0.15, 0.2) is 5.58 Å². The van der Waals surface area contributed by atoms with Crippen molar-refractivity contribution in [1.29, 1.82) is 0 Å². The zero-order chi connectivity index (χ0) is 22.2. The van der Waals surface area contributed by atoms with E-state index in [-0.39, 0.29) is 0 Å². The maximum atomic E-state index is 6.66. The SMILES string of the molecule is c1ccc(-n2c3c4ccccc4ccc3c3c4ccccc4c4c5ccccc5oc4c32)cc1. The Balaban J connectivity index is 1.79. The van der Waals surface area contributed by atoms with Crippen LogP contribution >= 0.6 is 0 Å². The topological polar surface area (TPSA) is 18.1 Å². The predicted molar refractivity (Wildman–Crippen MR) is 143 cm³/mol. The van der Waals surface area contributed by atoms with Crippen molar-refractivity contribution < 1.29 is 4.42 Å². The van der Waals surface area contributed by atoms with E-state index in [0.29, 0.717) is 0 Å². The minimum Gasteiger partial charge on any atom is -0.454 e. The average Bonchev–Trinajstić information content (AvgIpc) is 3.46. The summed E-state index contributed by atoms with van der Waals surface area (Å²) in [6.07, 6.45) is 0. The van der Waals surface area contributed by atoms with E-state index in [1.54, 1.807) is 0 Å². The number of aromatic nitrogens is 1. The van der Waals surface area contributed by atoms with E-state index >= 15 is 0 Å². The van der Waals surface area contributed by atoms with Gasteiger partial charge in [-0.05, 0) is 34.4 Å². The van der Waals surface area contributed by atoms with Crippen LogP contribution in [0.5, 0.6) is 0 Å². The molecule has 0 aliphatic rings. The minimum absolute atomic E-state index is 0.921. The molecule has 8 aromatic rings. The molecule has 2 nitrogen and oxygen atoms in total. The summed E-state index contributed by atoms with van der Waals surface area (Å²) < 4.78 is 9.06. The first-order valence-corrected chi connectivity index (χ1v) is 11.6. The van der Waals surface area contributed by atoms with E-state index in [4.69, 9.17) is 4.42 Å².